The van der Waals surface area contributed by atoms with E-state index in [-0.39, 0.29) is 0 Å². The third-order valence-corrected chi connectivity index (χ3v) is 1.95. The monoisotopic (exact) mass is 165 g/mol. The van der Waals surface area contributed by atoms with Gasteiger partial charge >= 0.3 is 0 Å². The molecule has 0 spiro atoms. The molecule has 2 nitrogen and oxygen atoms in total. The molecule has 4 heteroatoms. The van der Waals surface area contributed by atoms with E-state index >= 15 is 0 Å². The molecule has 0 bridgehead atoms. The van der Waals surface area contributed by atoms with E-state index < -0.39 is 12.3 Å². The first kappa shape index (κ1) is 8.87. The Hall–Kier alpha value is -0.220. The summed E-state index contributed by atoms with van der Waals surface area (Å²) in [6, 6.07) is 0. The summed E-state index contributed by atoms with van der Waals surface area (Å²) < 4.78 is 28.6. The zero-order chi connectivity index (χ0) is 8.27. The zero-order valence-electron chi connectivity index (χ0n) is 6.59. The molecule has 1 fully saturated rings. The van der Waals surface area contributed by atoms with Gasteiger partial charge in [-0.15, -0.1) is 0 Å². The van der Waals surface area contributed by atoms with Gasteiger partial charge in [-0.3, -0.25) is 4.90 Å². The Labute approximate surface area is 65.1 Å². The van der Waals surface area contributed by atoms with Gasteiger partial charge in [0.15, 0.2) is 0 Å². The Bertz CT molecular complexity index is 115. The fraction of sp³-hybridized carbons (Fsp3) is 1.00. The zero-order valence-corrected chi connectivity index (χ0v) is 6.59. The number of rotatable bonds is 4. The molecular weight excluding hydrogens is 152 g/mol. The Morgan fingerprint density at radius 1 is 1.55 bits per heavy atom. The SMILES string of the molecule is COCCN1CC(C(F)F)C1. The van der Waals surface area contributed by atoms with Crippen molar-refractivity contribution < 1.29 is 13.5 Å². The van der Waals surface area contributed by atoms with Gasteiger partial charge in [0.2, 0.25) is 6.43 Å². The van der Waals surface area contributed by atoms with Crippen molar-refractivity contribution in [2.75, 3.05) is 33.4 Å². The fourth-order valence-electron chi connectivity index (χ4n) is 1.17. The molecule has 66 valence electrons. The molecule has 0 radical (unpaired) electrons. The molecule has 1 saturated heterocycles. The van der Waals surface area contributed by atoms with Gasteiger partial charge in [0.1, 0.15) is 0 Å². The van der Waals surface area contributed by atoms with Gasteiger partial charge in [-0.25, -0.2) is 8.78 Å². The molecule has 11 heavy (non-hydrogen) atoms. The molecule has 0 aromatic heterocycles. The second-order valence-corrected chi connectivity index (χ2v) is 2.85. The first-order valence-electron chi connectivity index (χ1n) is 3.73. The summed E-state index contributed by atoms with van der Waals surface area (Å²) in [7, 11) is 1.62. The number of halogens is 2. The van der Waals surface area contributed by atoms with E-state index in [1.165, 1.54) is 0 Å². The lowest BCUT2D eigenvalue weighted by molar-refractivity contribution is -0.0317. The lowest BCUT2D eigenvalue weighted by Gasteiger charge is -2.38. The molecule has 0 aromatic carbocycles. The minimum Gasteiger partial charge on any atom is -0.383 e. The van der Waals surface area contributed by atoms with Crippen molar-refractivity contribution >= 4 is 0 Å². The Kier molecular flexibility index (Phi) is 3.20. The number of hydrogen-bond acceptors (Lipinski definition) is 2. The van der Waals surface area contributed by atoms with Crippen LogP contribution in [0.25, 0.3) is 0 Å². The smallest absolute Gasteiger partial charge is 0.243 e. The molecule has 0 aromatic rings. The third-order valence-electron chi connectivity index (χ3n) is 1.95. The summed E-state index contributed by atoms with van der Waals surface area (Å²) in [4.78, 5) is 1.97. The second kappa shape index (κ2) is 3.97. The van der Waals surface area contributed by atoms with E-state index in [1.54, 1.807) is 7.11 Å². The maximum Gasteiger partial charge on any atom is 0.243 e. The van der Waals surface area contributed by atoms with Crippen LogP contribution < -0.4 is 0 Å². The molecule has 1 rings (SSSR count). The number of likely N-dealkylation sites (tertiary alicyclic amines) is 1. The Morgan fingerprint density at radius 3 is 2.64 bits per heavy atom. The number of nitrogens with zero attached hydrogens (tertiary/aromatic N) is 1. The predicted octanol–water partition coefficient (Wildman–Crippen LogP) is 0.830. The summed E-state index contributed by atoms with van der Waals surface area (Å²) >= 11 is 0. The summed E-state index contributed by atoms with van der Waals surface area (Å²) in [6.07, 6.45) is -2.14. The van der Waals surface area contributed by atoms with Crippen LogP contribution in [0.3, 0.4) is 0 Å². The predicted molar refractivity (Wildman–Crippen MR) is 37.8 cm³/mol. The number of ether oxygens (including phenoxy) is 1. The number of methoxy groups -OCH3 is 1. The van der Waals surface area contributed by atoms with Crippen LogP contribution in [-0.4, -0.2) is 44.7 Å². The van der Waals surface area contributed by atoms with Gasteiger partial charge in [0.25, 0.3) is 0 Å². The maximum absolute atomic E-state index is 11.9. The minimum absolute atomic E-state index is 0.396. The van der Waals surface area contributed by atoms with Gasteiger partial charge in [-0.1, -0.05) is 0 Å². The van der Waals surface area contributed by atoms with E-state index in [0.717, 1.165) is 6.54 Å². The van der Waals surface area contributed by atoms with E-state index in [1.807, 2.05) is 4.90 Å². The fourth-order valence-corrected chi connectivity index (χ4v) is 1.17. The van der Waals surface area contributed by atoms with Crippen LogP contribution in [-0.2, 0) is 4.74 Å². The van der Waals surface area contributed by atoms with Gasteiger partial charge in [0.05, 0.1) is 6.61 Å². The van der Waals surface area contributed by atoms with Crippen LogP contribution in [0.1, 0.15) is 0 Å². The molecule has 0 saturated carbocycles. The quantitative estimate of drug-likeness (QED) is 0.611. The largest absolute Gasteiger partial charge is 0.383 e. The lowest BCUT2D eigenvalue weighted by atomic mass is 10.0. The average Bonchev–Trinajstić information content (AvgIpc) is 1.84. The Balaban J connectivity index is 2.00. The number of hydrogen-bond donors (Lipinski definition) is 0. The highest BCUT2D eigenvalue weighted by Gasteiger charge is 2.32. The first-order chi connectivity index (χ1) is 5.24. The van der Waals surface area contributed by atoms with Crippen molar-refractivity contribution in [1.82, 2.24) is 4.90 Å². The highest BCUT2D eigenvalue weighted by Crippen LogP contribution is 2.21. The van der Waals surface area contributed by atoms with E-state index in [2.05, 4.69) is 0 Å². The minimum atomic E-state index is -2.14. The second-order valence-electron chi connectivity index (χ2n) is 2.85. The normalized spacial score (nSPS) is 20.7. The molecule has 0 atom stereocenters. The van der Waals surface area contributed by atoms with Crippen molar-refractivity contribution in [1.29, 1.82) is 0 Å². The maximum atomic E-state index is 11.9. The van der Waals surface area contributed by atoms with Crippen LogP contribution in [0.2, 0.25) is 0 Å². The van der Waals surface area contributed by atoms with Crippen molar-refractivity contribution in [3.8, 4) is 0 Å². The Morgan fingerprint density at radius 2 is 2.18 bits per heavy atom. The molecule has 0 amide bonds. The van der Waals surface area contributed by atoms with Crippen LogP contribution in [0.15, 0.2) is 0 Å². The van der Waals surface area contributed by atoms with Gasteiger partial charge in [-0.05, 0) is 0 Å². The van der Waals surface area contributed by atoms with Crippen LogP contribution in [0, 0.1) is 5.92 Å². The summed E-state index contributed by atoms with van der Waals surface area (Å²) in [5.74, 6) is -0.396. The van der Waals surface area contributed by atoms with Crippen molar-refractivity contribution in [2.24, 2.45) is 5.92 Å². The standard InChI is InChI=1S/C7H13F2NO/c1-11-3-2-10-4-6(5-10)7(8)9/h6-7H,2-5H2,1H3. The molecule has 1 heterocycles. The van der Waals surface area contributed by atoms with E-state index in [0.29, 0.717) is 19.7 Å². The summed E-state index contributed by atoms with van der Waals surface area (Å²) in [5.41, 5.74) is 0. The van der Waals surface area contributed by atoms with E-state index in [9.17, 15) is 8.78 Å². The van der Waals surface area contributed by atoms with Gasteiger partial charge in [-0.2, -0.15) is 0 Å². The lowest BCUT2D eigenvalue weighted by Crippen LogP contribution is -2.50. The molecular formula is C7H13F2NO. The number of alkyl halides is 2. The third kappa shape index (κ3) is 2.38. The van der Waals surface area contributed by atoms with Crippen molar-refractivity contribution in [2.45, 2.75) is 6.43 Å². The molecule has 1 aliphatic rings. The summed E-state index contributed by atoms with van der Waals surface area (Å²) in [6.45, 7) is 2.47. The van der Waals surface area contributed by atoms with Crippen molar-refractivity contribution in [3.05, 3.63) is 0 Å². The van der Waals surface area contributed by atoms with Crippen LogP contribution in [0.5, 0.6) is 0 Å². The summed E-state index contributed by atoms with van der Waals surface area (Å²) in [5, 5.41) is 0. The molecule has 0 aliphatic carbocycles. The van der Waals surface area contributed by atoms with E-state index in [4.69, 9.17) is 4.74 Å². The first-order valence-corrected chi connectivity index (χ1v) is 3.73. The molecule has 0 N–H and O–H groups in total. The van der Waals surface area contributed by atoms with Crippen LogP contribution >= 0.6 is 0 Å². The van der Waals surface area contributed by atoms with Crippen LogP contribution in [0.4, 0.5) is 8.78 Å². The molecule has 0 unspecified atom stereocenters. The molecule has 1 aliphatic heterocycles. The topological polar surface area (TPSA) is 12.5 Å². The van der Waals surface area contributed by atoms with Gasteiger partial charge < -0.3 is 4.74 Å². The highest BCUT2D eigenvalue weighted by molar-refractivity contribution is 4.80. The average molecular weight is 165 g/mol. The highest BCUT2D eigenvalue weighted by atomic mass is 19.3. The van der Waals surface area contributed by atoms with Gasteiger partial charge in [0, 0.05) is 32.7 Å². The van der Waals surface area contributed by atoms with Crippen molar-refractivity contribution in [3.63, 3.8) is 0 Å².